The Labute approximate surface area is 123 Å². The highest BCUT2D eigenvalue weighted by Gasteiger charge is 2.24. The van der Waals surface area contributed by atoms with Crippen LogP contribution < -0.4 is 5.56 Å². The molecule has 1 saturated heterocycles. The van der Waals surface area contributed by atoms with Crippen molar-refractivity contribution in [2.24, 2.45) is 0 Å². The Hall–Kier alpha value is -1.30. The summed E-state index contributed by atoms with van der Waals surface area (Å²) >= 11 is 1.33. The number of likely N-dealkylation sites (tertiary alicyclic amines) is 1. The lowest BCUT2D eigenvalue weighted by molar-refractivity contribution is -0.129. The van der Waals surface area contributed by atoms with Crippen molar-refractivity contribution in [1.82, 2.24) is 14.9 Å². The second-order valence-corrected chi connectivity index (χ2v) is 6.41. The number of nitrogens with zero attached hydrogens (tertiary/aromatic N) is 2. The summed E-state index contributed by atoms with van der Waals surface area (Å²) in [4.78, 5) is 32.8. The van der Waals surface area contributed by atoms with Crippen molar-refractivity contribution >= 4 is 17.7 Å². The van der Waals surface area contributed by atoms with Crippen molar-refractivity contribution < 1.29 is 4.79 Å². The van der Waals surface area contributed by atoms with Gasteiger partial charge in [0.1, 0.15) is 0 Å². The lowest BCUT2D eigenvalue weighted by atomic mass is 10.2. The van der Waals surface area contributed by atoms with Gasteiger partial charge in [-0.1, -0.05) is 25.1 Å². The van der Waals surface area contributed by atoms with Crippen LogP contribution in [0.4, 0.5) is 0 Å². The van der Waals surface area contributed by atoms with Crippen LogP contribution in [0.3, 0.4) is 0 Å². The normalized spacial score (nSPS) is 16.4. The summed E-state index contributed by atoms with van der Waals surface area (Å²) < 4.78 is 0. The van der Waals surface area contributed by atoms with E-state index in [0.29, 0.717) is 5.16 Å². The van der Waals surface area contributed by atoms with Crippen molar-refractivity contribution in [3.63, 3.8) is 0 Å². The molecule has 1 atom stereocenters. The molecule has 0 aliphatic carbocycles. The smallest absolute Gasteiger partial charge is 0.251 e. The van der Waals surface area contributed by atoms with Crippen LogP contribution in [0.15, 0.2) is 16.0 Å². The van der Waals surface area contributed by atoms with Crippen molar-refractivity contribution in [2.45, 2.75) is 49.9 Å². The zero-order valence-corrected chi connectivity index (χ0v) is 12.8. The van der Waals surface area contributed by atoms with Gasteiger partial charge in [0.2, 0.25) is 5.91 Å². The molecule has 5 nitrogen and oxygen atoms in total. The fourth-order valence-corrected chi connectivity index (χ4v) is 3.25. The molecule has 1 aliphatic heterocycles. The third-order valence-corrected chi connectivity index (χ3v) is 4.30. The first-order chi connectivity index (χ1) is 9.60. The predicted molar refractivity (Wildman–Crippen MR) is 80.0 cm³/mol. The minimum atomic E-state index is -0.215. The molecule has 0 radical (unpaired) electrons. The minimum absolute atomic E-state index is 0.135. The Morgan fingerprint density at radius 2 is 2.20 bits per heavy atom. The third-order valence-electron chi connectivity index (χ3n) is 3.33. The van der Waals surface area contributed by atoms with E-state index in [2.05, 4.69) is 16.9 Å². The highest BCUT2D eigenvalue weighted by molar-refractivity contribution is 8.00. The van der Waals surface area contributed by atoms with E-state index in [0.717, 1.165) is 44.5 Å². The molecule has 110 valence electrons. The number of H-pyrrole nitrogens is 1. The zero-order chi connectivity index (χ0) is 14.5. The topological polar surface area (TPSA) is 66.1 Å². The summed E-state index contributed by atoms with van der Waals surface area (Å²) in [5.41, 5.74) is 0.645. The minimum Gasteiger partial charge on any atom is -0.342 e. The van der Waals surface area contributed by atoms with E-state index in [9.17, 15) is 9.59 Å². The molecule has 1 fully saturated rings. The number of amides is 1. The number of thioether (sulfide) groups is 1. The summed E-state index contributed by atoms with van der Waals surface area (Å²) in [5, 5.41) is 0.328. The fraction of sp³-hybridized carbons (Fsp3) is 0.643. The van der Waals surface area contributed by atoms with E-state index in [1.54, 1.807) is 0 Å². The van der Waals surface area contributed by atoms with Crippen LogP contribution in [0, 0.1) is 0 Å². The number of hydrogen-bond acceptors (Lipinski definition) is 4. The maximum Gasteiger partial charge on any atom is 0.251 e. The Kier molecular flexibility index (Phi) is 5.23. The number of aromatic nitrogens is 2. The zero-order valence-electron chi connectivity index (χ0n) is 12.0. The van der Waals surface area contributed by atoms with Crippen molar-refractivity contribution in [3.05, 3.63) is 22.1 Å². The van der Waals surface area contributed by atoms with E-state index in [1.165, 1.54) is 17.8 Å². The highest BCUT2D eigenvalue weighted by atomic mass is 32.2. The largest absolute Gasteiger partial charge is 0.342 e. The molecule has 0 aromatic carbocycles. The molecule has 2 rings (SSSR count). The number of nitrogens with one attached hydrogen (secondary N) is 1. The van der Waals surface area contributed by atoms with Crippen LogP contribution in [-0.4, -0.2) is 39.1 Å². The molecule has 0 bridgehead atoms. The first-order valence-electron chi connectivity index (χ1n) is 7.16. The van der Waals surface area contributed by atoms with Crippen LogP contribution in [0.25, 0.3) is 0 Å². The molecule has 1 aromatic heterocycles. The Morgan fingerprint density at radius 1 is 1.50 bits per heavy atom. The van der Waals surface area contributed by atoms with Crippen molar-refractivity contribution in [3.8, 4) is 0 Å². The summed E-state index contributed by atoms with van der Waals surface area (Å²) in [6.45, 7) is 5.63. The molecule has 2 heterocycles. The van der Waals surface area contributed by atoms with Gasteiger partial charge in [0.05, 0.1) is 5.25 Å². The third kappa shape index (κ3) is 3.85. The number of carbonyl (C=O) groups is 1. The molecular formula is C14H21N3O2S. The van der Waals surface area contributed by atoms with Crippen LogP contribution in [0.1, 0.15) is 38.8 Å². The number of rotatable bonds is 5. The molecular weight excluding hydrogens is 274 g/mol. The van der Waals surface area contributed by atoms with E-state index in [-0.39, 0.29) is 16.7 Å². The number of aryl methyl sites for hydroxylation is 1. The summed E-state index contributed by atoms with van der Waals surface area (Å²) in [6.07, 6.45) is 3.91. The van der Waals surface area contributed by atoms with Gasteiger partial charge in [0.15, 0.2) is 5.16 Å². The maximum atomic E-state index is 12.2. The number of aromatic amines is 1. The summed E-state index contributed by atoms with van der Waals surface area (Å²) in [6, 6.07) is 1.53. The molecule has 1 N–H and O–H groups in total. The Morgan fingerprint density at radius 3 is 2.85 bits per heavy atom. The Bertz CT molecular complexity index is 523. The van der Waals surface area contributed by atoms with Gasteiger partial charge in [-0.2, -0.15) is 0 Å². The van der Waals surface area contributed by atoms with E-state index in [4.69, 9.17) is 0 Å². The van der Waals surface area contributed by atoms with Crippen molar-refractivity contribution in [2.75, 3.05) is 13.1 Å². The van der Waals surface area contributed by atoms with Gasteiger partial charge < -0.3 is 9.88 Å². The molecule has 1 aliphatic rings. The predicted octanol–water partition coefficient (Wildman–Crippen LogP) is 1.83. The van der Waals surface area contributed by atoms with Crippen LogP contribution >= 0.6 is 11.8 Å². The van der Waals surface area contributed by atoms with Gasteiger partial charge in [-0.05, 0) is 26.2 Å². The molecule has 6 heteroatoms. The summed E-state index contributed by atoms with van der Waals surface area (Å²) in [7, 11) is 0. The standard InChI is InChI=1S/C14H21N3O2S/c1-3-6-11-9-12(18)16-14(15-11)20-10(2)13(19)17-7-4-5-8-17/h9-10H,3-8H2,1-2H3,(H,15,16,18). The fourth-order valence-electron chi connectivity index (χ4n) is 2.34. The number of carbonyl (C=O) groups excluding carboxylic acids is 1. The number of hydrogen-bond donors (Lipinski definition) is 1. The van der Waals surface area contributed by atoms with Gasteiger partial charge in [-0.3, -0.25) is 9.59 Å². The van der Waals surface area contributed by atoms with E-state index in [1.807, 2.05) is 11.8 Å². The molecule has 0 spiro atoms. The van der Waals surface area contributed by atoms with Gasteiger partial charge >= 0.3 is 0 Å². The summed E-state index contributed by atoms with van der Waals surface area (Å²) in [5.74, 6) is 0.135. The van der Waals surface area contributed by atoms with Gasteiger partial charge in [0.25, 0.3) is 5.56 Å². The lowest BCUT2D eigenvalue weighted by Gasteiger charge is -2.19. The monoisotopic (exact) mass is 295 g/mol. The average molecular weight is 295 g/mol. The van der Waals surface area contributed by atoms with Crippen LogP contribution in [-0.2, 0) is 11.2 Å². The second kappa shape index (κ2) is 6.92. The Balaban J connectivity index is 2.04. The van der Waals surface area contributed by atoms with Gasteiger partial charge in [-0.25, -0.2) is 4.98 Å². The molecule has 1 amide bonds. The van der Waals surface area contributed by atoms with E-state index >= 15 is 0 Å². The van der Waals surface area contributed by atoms with Crippen LogP contribution in [0.2, 0.25) is 0 Å². The van der Waals surface area contributed by atoms with Gasteiger partial charge in [-0.15, -0.1) is 0 Å². The van der Waals surface area contributed by atoms with Gasteiger partial charge in [0, 0.05) is 24.8 Å². The van der Waals surface area contributed by atoms with E-state index < -0.39 is 0 Å². The molecule has 1 aromatic rings. The molecule has 1 unspecified atom stereocenters. The lowest BCUT2D eigenvalue weighted by Crippen LogP contribution is -2.34. The second-order valence-electron chi connectivity index (χ2n) is 5.08. The molecule has 20 heavy (non-hydrogen) atoms. The van der Waals surface area contributed by atoms with Crippen molar-refractivity contribution in [1.29, 1.82) is 0 Å². The average Bonchev–Trinajstić information content (AvgIpc) is 2.91. The SMILES string of the molecule is CCCc1cc(=O)[nH]c(SC(C)C(=O)N2CCCC2)n1. The quantitative estimate of drug-likeness (QED) is 0.665. The first kappa shape index (κ1) is 15.1. The molecule has 0 saturated carbocycles. The van der Waals surface area contributed by atoms with Crippen LogP contribution in [0.5, 0.6) is 0 Å². The first-order valence-corrected chi connectivity index (χ1v) is 8.04. The maximum absolute atomic E-state index is 12.2. The highest BCUT2D eigenvalue weighted by Crippen LogP contribution is 2.22.